The topological polar surface area (TPSA) is 30.7 Å². The zero-order valence-electron chi connectivity index (χ0n) is 20.2. The van der Waals surface area contributed by atoms with Crippen molar-refractivity contribution in [1.82, 2.24) is 14.5 Å². The number of aromatic nitrogens is 3. The summed E-state index contributed by atoms with van der Waals surface area (Å²) in [6.07, 6.45) is 1.94. The van der Waals surface area contributed by atoms with Crippen LogP contribution in [0.25, 0.3) is 60.6 Å². The Kier molecular flexibility index (Phi) is 3.73. The van der Waals surface area contributed by atoms with E-state index in [4.69, 9.17) is 9.97 Å². The van der Waals surface area contributed by atoms with Gasteiger partial charge in [0.1, 0.15) is 0 Å². The normalized spacial score (nSPS) is 14.1. The van der Waals surface area contributed by atoms with Gasteiger partial charge in [-0.1, -0.05) is 98.8 Å². The van der Waals surface area contributed by atoms with Crippen molar-refractivity contribution in [3.05, 3.63) is 114 Å². The second-order valence-corrected chi connectivity index (χ2v) is 10.3. The van der Waals surface area contributed by atoms with Gasteiger partial charge < -0.3 is 0 Å². The Morgan fingerprint density at radius 3 is 2.28 bits per heavy atom. The summed E-state index contributed by atoms with van der Waals surface area (Å²) in [5, 5.41) is 6.10. The highest BCUT2D eigenvalue weighted by molar-refractivity contribution is 6.25. The first-order valence-electron chi connectivity index (χ1n) is 12.4. The summed E-state index contributed by atoms with van der Waals surface area (Å²) in [4.78, 5) is 9.92. The van der Waals surface area contributed by atoms with Crippen molar-refractivity contribution >= 4 is 43.5 Å². The predicted octanol–water partition coefficient (Wildman–Crippen LogP) is 8.19. The fourth-order valence-corrected chi connectivity index (χ4v) is 6.48. The molecule has 0 bridgehead atoms. The fourth-order valence-electron chi connectivity index (χ4n) is 6.48. The lowest BCUT2D eigenvalue weighted by molar-refractivity contribution is 0.667. The highest BCUT2D eigenvalue weighted by atomic mass is 15.2. The molecular formula is C33H23N3. The van der Waals surface area contributed by atoms with Crippen LogP contribution in [-0.2, 0) is 5.41 Å². The van der Waals surface area contributed by atoms with Crippen LogP contribution in [-0.4, -0.2) is 14.5 Å². The SMILES string of the molecule is CC1(C)c2ccccc2-c2c1c1c3ccccc3n(-c3ncc4ccccc4n3)c1c1ccccc21. The molecule has 0 spiro atoms. The van der Waals surface area contributed by atoms with Crippen LogP contribution in [0.15, 0.2) is 103 Å². The van der Waals surface area contributed by atoms with Gasteiger partial charge >= 0.3 is 0 Å². The highest BCUT2D eigenvalue weighted by Crippen LogP contribution is 2.56. The van der Waals surface area contributed by atoms with Crippen molar-refractivity contribution in [3.63, 3.8) is 0 Å². The van der Waals surface area contributed by atoms with Gasteiger partial charge in [-0.3, -0.25) is 4.57 Å². The fraction of sp³-hybridized carbons (Fsp3) is 0.0909. The summed E-state index contributed by atoms with van der Waals surface area (Å²) in [6, 6.07) is 34.6. The molecule has 0 radical (unpaired) electrons. The number of rotatable bonds is 1. The Bertz CT molecular complexity index is 2030. The molecular weight excluding hydrogens is 438 g/mol. The van der Waals surface area contributed by atoms with Crippen LogP contribution in [0.3, 0.4) is 0 Å². The monoisotopic (exact) mass is 461 g/mol. The van der Waals surface area contributed by atoms with E-state index >= 15 is 0 Å². The first-order chi connectivity index (χ1) is 17.6. The second kappa shape index (κ2) is 6.79. The molecule has 0 N–H and O–H groups in total. The van der Waals surface area contributed by atoms with E-state index in [1.54, 1.807) is 0 Å². The molecule has 36 heavy (non-hydrogen) atoms. The van der Waals surface area contributed by atoms with Crippen LogP contribution < -0.4 is 0 Å². The molecule has 3 heteroatoms. The van der Waals surface area contributed by atoms with Crippen molar-refractivity contribution in [2.45, 2.75) is 19.3 Å². The van der Waals surface area contributed by atoms with Gasteiger partial charge in [0.05, 0.1) is 16.6 Å². The molecule has 7 aromatic rings. The first kappa shape index (κ1) is 19.8. The molecule has 8 rings (SSSR count). The minimum atomic E-state index is -0.132. The maximum absolute atomic E-state index is 5.05. The maximum Gasteiger partial charge on any atom is 0.235 e. The highest BCUT2D eigenvalue weighted by Gasteiger charge is 2.39. The van der Waals surface area contributed by atoms with E-state index in [1.807, 2.05) is 18.3 Å². The largest absolute Gasteiger partial charge is 0.277 e. The smallest absolute Gasteiger partial charge is 0.235 e. The van der Waals surface area contributed by atoms with Crippen molar-refractivity contribution < 1.29 is 0 Å². The molecule has 0 amide bonds. The van der Waals surface area contributed by atoms with E-state index in [0.29, 0.717) is 5.95 Å². The first-order valence-corrected chi connectivity index (χ1v) is 12.4. The third-order valence-electron chi connectivity index (χ3n) is 8.00. The Morgan fingerprint density at radius 1 is 0.694 bits per heavy atom. The lowest BCUT2D eigenvalue weighted by Gasteiger charge is -2.23. The van der Waals surface area contributed by atoms with Crippen LogP contribution >= 0.6 is 0 Å². The molecule has 170 valence electrons. The third-order valence-corrected chi connectivity index (χ3v) is 8.00. The summed E-state index contributed by atoms with van der Waals surface area (Å²) in [6.45, 7) is 4.73. The standard InChI is InChI=1S/C33H23N3/c1-33(2)25-16-8-6-14-23(25)28-21-12-4-5-13-22(21)31-29(30(28)33)24-15-7-10-18-27(24)36(31)32-34-19-20-11-3-9-17-26(20)35-32/h3-19H,1-2H3. The summed E-state index contributed by atoms with van der Waals surface area (Å²) in [5.41, 5.74) is 8.62. The lowest BCUT2D eigenvalue weighted by Crippen LogP contribution is -2.15. The quantitative estimate of drug-likeness (QED) is 0.247. The number of para-hydroxylation sites is 2. The van der Waals surface area contributed by atoms with Gasteiger partial charge in [0.2, 0.25) is 5.95 Å². The van der Waals surface area contributed by atoms with Crippen molar-refractivity contribution in [3.8, 4) is 17.1 Å². The molecule has 2 aromatic heterocycles. The molecule has 0 fully saturated rings. The average molecular weight is 462 g/mol. The molecule has 0 atom stereocenters. The van der Waals surface area contributed by atoms with Crippen LogP contribution in [0.2, 0.25) is 0 Å². The van der Waals surface area contributed by atoms with Crippen LogP contribution in [0.5, 0.6) is 0 Å². The van der Waals surface area contributed by atoms with Gasteiger partial charge in [-0.15, -0.1) is 0 Å². The molecule has 0 saturated carbocycles. The molecule has 0 aliphatic heterocycles. The molecule has 2 heterocycles. The zero-order valence-corrected chi connectivity index (χ0v) is 20.2. The van der Waals surface area contributed by atoms with Crippen molar-refractivity contribution in [1.29, 1.82) is 0 Å². The Labute approximate surface area is 208 Å². The number of hydrogen-bond donors (Lipinski definition) is 0. The molecule has 5 aromatic carbocycles. The van der Waals surface area contributed by atoms with E-state index < -0.39 is 0 Å². The number of nitrogens with zero attached hydrogens (tertiary/aromatic N) is 3. The van der Waals surface area contributed by atoms with Gasteiger partial charge in [-0.05, 0) is 39.8 Å². The number of hydrogen-bond acceptors (Lipinski definition) is 2. The second-order valence-electron chi connectivity index (χ2n) is 10.3. The van der Waals surface area contributed by atoms with Crippen LogP contribution in [0.1, 0.15) is 25.0 Å². The van der Waals surface area contributed by atoms with E-state index in [0.717, 1.165) is 16.4 Å². The lowest BCUT2D eigenvalue weighted by atomic mass is 9.79. The van der Waals surface area contributed by atoms with Gasteiger partial charge in [0.15, 0.2) is 0 Å². The number of benzene rings is 5. The Hall–Kier alpha value is -4.50. The van der Waals surface area contributed by atoms with Gasteiger partial charge in [-0.2, -0.15) is 0 Å². The van der Waals surface area contributed by atoms with Gasteiger partial charge in [0, 0.05) is 33.2 Å². The molecule has 1 aliphatic rings. The minimum absolute atomic E-state index is 0.132. The van der Waals surface area contributed by atoms with E-state index in [1.165, 1.54) is 49.3 Å². The minimum Gasteiger partial charge on any atom is -0.277 e. The summed E-state index contributed by atoms with van der Waals surface area (Å²) in [7, 11) is 0. The van der Waals surface area contributed by atoms with Crippen LogP contribution in [0.4, 0.5) is 0 Å². The van der Waals surface area contributed by atoms with Crippen molar-refractivity contribution in [2.24, 2.45) is 0 Å². The molecule has 0 unspecified atom stereocenters. The van der Waals surface area contributed by atoms with Gasteiger partial charge in [-0.25, -0.2) is 9.97 Å². The summed E-state index contributed by atoms with van der Waals surface area (Å²) >= 11 is 0. The average Bonchev–Trinajstić information content (AvgIpc) is 3.38. The van der Waals surface area contributed by atoms with E-state index in [2.05, 4.69) is 103 Å². The zero-order chi connectivity index (χ0) is 24.0. The maximum atomic E-state index is 5.05. The Balaban J connectivity index is 1.65. The third kappa shape index (κ3) is 2.37. The molecule has 0 saturated heterocycles. The van der Waals surface area contributed by atoms with Gasteiger partial charge in [0.25, 0.3) is 0 Å². The van der Waals surface area contributed by atoms with Crippen LogP contribution in [0, 0.1) is 0 Å². The molecule has 1 aliphatic carbocycles. The van der Waals surface area contributed by atoms with E-state index in [9.17, 15) is 0 Å². The predicted molar refractivity (Wildman–Crippen MR) is 149 cm³/mol. The molecule has 3 nitrogen and oxygen atoms in total. The Morgan fingerprint density at radius 2 is 1.39 bits per heavy atom. The summed E-state index contributed by atoms with van der Waals surface area (Å²) < 4.78 is 2.28. The van der Waals surface area contributed by atoms with E-state index in [-0.39, 0.29) is 5.41 Å². The van der Waals surface area contributed by atoms with Crippen molar-refractivity contribution in [2.75, 3.05) is 0 Å². The summed E-state index contributed by atoms with van der Waals surface area (Å²) in [5.74, 6) is 0.707. The number of fused-ring (bicyclic) bond motifs is 11.